The Hall–Kier alpha value is -1.11. The number of carbonyl (C=O) groups excluding carboxylic acids is 1. The van der Waals surface area contributed by atoms with Crippen LogP contribution in [0.4, 0.5) is 0 Å². The number of aliphatic carboxylic acids is 1. The molecule has 1 unspecified atom stereocenters. The van der Waals surface area contributed by atoms with Crippen molar-refractivity contribution >= 4 is 21.7 Å². The first-order chi connectivity index (χ1) is 7.20. The van der Waals surface area contributed by atoms with Crippen LogP contribution in [0, 0.1) is 11.8 Å². The largest absolute Gasteiger partial charge is 0.481 e. The Kier molecular flexibility index (Phi) is 3.57. The molecule has 0 saturated carbocycles. The van der Waals surface area contributed by atoms with Gasteiger partial charge in [0.25, 0.3) is 0 Å². The highest BCUT2D eigenvalue weighted by Gasteiger charge is 2.37. The molecule has 0 aliphatic carbocycles. The topological polar surface area (TPSA) is 91.8 Å². The number of carbonyl (C=O) groups is 2. The molecular formula is C9H15NO5S. The average Bonchev–Trinajstić information content (AvgIpc) is 1.96. The summed E-state index contributed by atoms with van der Waals surface area (Å²) in [7, 11) is -3.31. The van der Waals surface area contributed by atoms with Gasteiger partial charge in [-0.05, 0) is 0 Å². The lowest BCUT2D eigenvalue weighted by molar-refractivity contribution is -0.149. The van der Waals surface area contributed by atoms with Crippen molar-refractivity contribution in [1.29, 1.82) is 0 Å². The molecule has 1 aliphatic rings. The van der Waals surface area contributed by atoms with E-state index in [1.165, 1.54) is 4.90 Å². The van der Waals surface area contributed by atoms with Crippen LogP contribution in [0.5, 0.6) is 0 Å². The van der Waals surface area contributed by atoms with Crippen molar-refractivity contribution in [2.45, 2.75) is 6.92 Å². The summed E-state index contributed by atoms with van der Waals surface area (Å²) in [5.74, 6) is -2.40. The van der Waals surface area contributed by atoms with Crippen LogP contribution in [0.2, 0.25) is 0 Å². The lowest BCUT2D eigenvalue weighted by atomic mass is 9.87. The molecule has 7 heteroatoms. The zero-order valence-electron chi connectivity index (χ0n) is 9.21. The first-order valence-corrected chi connectivity index (χ1v) is 6.95. The minimum atomic E-state index is -3.31. The van der Waals surface area contributed by atoms with Crippen molar-refractivity contribution in [3.05, 3.63) is 0 Å². The maximum atomic E-state index is 11.4. The summed E-state index contributed by atoms with van der Waals surface area (Å²) in [6, 6.07) is 0. The van der Waals surface area contributed by atoms with Gasteiger partial charge in [0.05, 0.1) is 5.92 Å². The second kappa shape index (κ2) is 4.40. The van der Waals surface area contributed by atoms with Gasteiger partial charge in [-0.2, -0.15) is 0 Å². The predicted molar refractivity (Wildman–Crippen MR) is 56.6 cm³/mol. The summed E-state index contributed by atoms with van der Waals surface area (Å²) in [6.45, 7) is 2.26. The lowest BCUT2D eigenvalue weighted by Gasteiger charge is -2.41. The van der Waals surface area contributed by atoms with E-state index in [0.29, 0.717) is 13.1 Å². The van der Waals surface area contributed by atoms with Gasteiger partial charge in [0.15, 0.2) is 9.84 Å². The SMILES string of the molecule is CC(C(=O)O)C1CN(C(=O)CS(C)(=O)=O)C1. The third kappa shape index (κ3) is 3.19. The van der Waals surface area contributed by atoms with E-state index in [4.69, 9.17) is 5.11 Å². The van der Waals surface area contributed by atoms with Crippen LogP contribution in [0.1, 0.15) is 6.92 Å². The van der Waals surface area contributed by atoms with E-state index < -0.39 is 33.4 Å². The van der Waals surface area contributed by atoms with Gasteiger partial charge in [0.1, 0.15) is 5.75 Å². The van der Waals surface area contributed by atoms with Gasteiger partial charge in [-0.25, -0.2) is 8.42 Å². The Morgan fingerprint density at radius 3 is 2.31 bits per heavy atom. The summed E-state index contributed by atoms with van der Waals surface area (Å²) in [5.41, 5.74) is 0. The van der Waals surface area contributed by atoms with Gasteiger partial charge in [0, 0.05) is 25.3 Å². The Bertz CT molecular complexity index is 396. The lowest BCUT2D eigenvalue weighted by Crippen LogP contribution is -2.54. The molecule has 1 fully saturated rings. The molecule has 0 spiro atoms. The zero-order valence-corrected chi connectivity index (χ0v) is 10.0. The van der Waals surface area contributed by atoms with Crippen LogP contribution in [-0.2, 0) is 19.4 Å². The highest BCUT2D eigenvalue weighted by Crippen LogP contribution is 2.24. The Labute approximate surface area is 94.2 Å². The van der Waals surface area contributed by atoms with E-state index in [9.17, 15) is 18.0 Å². The molecule has 1 amide bonds. The Morgan fingerprint density at radius 1 is 1.44 bits per heavy atom. The first kappa shape index (κ1) is 13.0. The first-order valence-electron chi connectivity index (χ1n) is 4.89. The maximum absolute atomic E-state index is 11.4. The number of carboxylic acid groups (broad SMARTS) is 1. The number of amides is 1. The summed E-state index contributed by atoms with van der Waals surface area (Å²) in [4.78, 5) is 23.4. The number of likely N-dealkylation sites (tertiary alicyclic amines) is 1. The summed E-state index contributed by atoms with van der Waals surface area (Å²) in [6.07, 6.45) is 1.00. The molecule has 0 bridgehead atoms. The maximum Gasteiger partial charge on any atom is 0.306 e. The standard InChI is InChI=1S/C9H15NO5S/c1-6(9(12)13)7-3-10(4-7)8(11)5-16(2,14)15/h6-7H,3-5H2,1-2H3,(H,12,13). The van der Waals surface area contributed by atoms with Crippen LogP contribution in [0.15, 0.2) is 0 Å². The molecule has 1 rings (SSSR count). The molecule has 1 aliphatic heterocycles. The van der Waals surface area contributed by atoms with Gasteiger partial charge in [-0.15, -0.1) is 0 Å². The quantitative estimate of drug-likeness (QED) is 0.705. The fourth-order valence-corrected chi connectivity index (χ4v) is 2.18. The van der Waals surface area contributed by atoms with Crippen LogP contribution in [0.3, 0.4) is 0 Å². The molecule has 92 valence electrons. The molecule has 1 N–H and O–H groups in total. The molecule has 0 aromatic heterocycles. The van der Waals surface area contributed by atoms with E-state index >= 15 is 0 Å². The molecule has 1 saturated heterocycles. The number of sulfone groups is 1. The third-order valence-electron chi connectivity index (χ3n) is 2.74. The zero-order chi connectivity index (χ0) is 12.5. The van der Waals surface area contributed by atoms with Crippen molar-refractivity contribution in [3.63, 3.8) is 0 Å². The van der Waals surface area contributed by atoms with E-state index in [1.807, 2.05) is 0 Å². The highest BCUT2D eigenvalue weighted by atomic mass is 32.2. The molecule has 16 heavy (non-hydrogen) atoms. The van der Waals surface area contributed by atoms with Crippen LogP contribution in [0.25, 0.3) is 0 Å². The molecular weight excluding hydrogens is 234 g/mol. The Balaban J connectivity index is 2.42. The third-order valence-corrected chi connectivity index (χ3v) is 3.52. The number of hydrogen-bond acceptors (Lipinski definition) is 4. The van der Waals surface area contributed by atoms with Gasteiger partial charge < -0.3 is 10.0 Å². The second-order valence-electron chi connectivity index (χ2n) is 4.26. The fraction of sp³-hybridized carbons (Fsp3) is 0.778. The molecule has 0 aromatic rings. The van der Waals surface area contributed by atoms with E-state index in [0.717, 1.165) is 6.26 Å². The fourth-order valence-electron chi connectivity index (χ4n) is 1.55. The van der Waals surface area contributed by atoms with Gasteiger partial charge in [-0.3, -0.25) is 9.59 Å². The van der Waals surface area contributed by atoms with Crippen molar-refractivity contribution in [2.24, 2.45) is 11.8 Å². The summed E-state index contributed by atoms with van der Waals surface area (Å²) >= 11 is 0. The number of rotatable bonds is 4. The number of hydrogen-bond donors (Lipinski definition) is 1. The van der Waals surface area contributed by atoms with Crippen molar-refractivity contribution in [3.8, 4) is 0 Å². The number of nitrogens with zero attached hydrogens (tertiary/aromatic N) is 1. The van der Waals surface area contributed by atoms with Crippen LogP contribution < -0.4 is 0 Å². The van der Waals surface area contributed by atoms with E-state index in [2.05, 4.69) is 0 Å². The minimum absolute atomic E-state index is 0.0685. The van der Waals surface area contributed by atoms with E-state index in [-0.39, 0.29) is 5.92 Å². The smallest absolute Gasteiger partial charge is 0.306 e. The van der Waals surface area contributed by atoms with E-state index in [1.54, 1.807) is 6.92 Å². The molecule has 1 heterocycles. The molecule has 0 radical (unpaired) electrons. The minimum Gasteiger partial charge on any atom is -0.481 e. The van der Waals surface area contributed by atoms with Crippen LogP contribution >= 0.6 is 0 Å². The van der Waals surface area contributed by atoms with Gasteiger partial charge in [0.2, 0.25) is 5.91 Å². The van der Waals surface area contributed by atoms with Gasteiger partial charge >= 0.3 is 5.97 Å². The predicted octanol–water partition coefficient (Wildman–Crippen LogP) is -0.790. The summed E-state index contributed by atoms with van der Waals surface area (Å²) in [5, 5.41) is 8.73. The van der Waals surface area contributed by atoms with Crippen molar-refractivity contribution in [2.75, 3.05) is 25.1 Å². The Morgan fingerprint density at radius 2 is 1.94 bits per heavy atom. The molecule has 1 atom stereocenters. The highest BCUT2D eigenvalue weighted by molar-refractivity contribution is 7.91. The monoisotopic (exact) mass is 249 g/mol. The summed E-state index contributed by atoms with van der Waals surface area (Å²) < 4.78 is 21.7. The van der Waals surface area contributed by atoms with Crippen molar-refractivity contribution in [1.82, 2.24) is 4.90 Å². The number of carboxylic acids is 1. The second-order valence-corrected chi connectivity index (χ2v) is 6.40. The normalized spacial score (nSPS) is 19.0. The van der Waals surface area contributed by atoms with Crippen LogP contribution in [-0.4, -0.2) is 55.4 Å². The van der Waals surface area contributed by atoms with Gasteiger partial charge in [-0.1, -0.05) is 6.92 Å². The van der Waals surface area contributed by atoms with Crippen molar-refractivity contribution < 1.29 is 23.1 Å². The average molecular weight is 249 g/mol. The molecule has 0 aromatic carbocycles. The molecule has 6 nitrogen and oxygen atoms in total.